The molecule has 0 radical (unpaired) electrons. The molecule has 1 aliphatic carbocycles. The lowest BCUT2D eigenvalue weighted by molar-refractivity contribution is -0.131. The Hall–Kier alpha value is -3.92. The number of alkyl carbamates (subject to hydrolysis) is 1. The number of hydrogen-bond donors (Lipinski definition) is 5. The van der Waals surface area contributed by atoms with Crippen molar-refractivity contribution in [1.82, 2.24) is 21.3 Å². The third-order valence-corrected chi connectivity index (χ3v) is 9.02. The standard InChI is InChI=1S/C40H60N4O6/c1-28(2)21-22-36(46)41-24-23-35(45)32(25-29-15-9-6-10-16-29)42-37(47)33(26-30-17-11-7-12-18-30)43-38(48)34(27-31-19-13-8-14-20-31)44-39(49)50-40(3,4)5/h7-8,11-14,17-20,28-29,32-35,45H,6,9-10,15-16,21-27H2,1-5H3,(H,41,46)(H,42,47)(H,43,48)(H,44,49)/t32-,33-,34-,35-/m0/s1. The van der Waals surface area contributed by atoms with Crippen LogP contribution in [0.25, 0.3) is 0 Å². The second-order valence-electron chi connectivity index (χ2n) is 15.1. The van der Waals surface area contributed by atoms with Crippen LogP contribution in [0.4, 0.5) is 4.79 Å². The van der Waals surface area contributed by atoms with Gasteiger partial charge < -0.3 is 31.1 Å². The van der Waals surface area contributed by atoms with Crippen LogP contribution in [0.2, 0.25) is 0 Å². The van der Waals surface area contributed by atoms with Gasteiger partial charge in [0, 0.05) is 25.8 Å². The summed E-state index contributed by atoms with van der Waals surface area (Å²) in [6, 6.07) is 16.2. The fraction of sp³-hybridized carbons (Fsp3) is 0.600. The first-order valence-corrected chi connectivity index (χ1v) is 18.4. The molecule has 0 aliphatic heterocycles. The Kier molecular flexibility index (Phi) is 16.8. The Morgan fingerprint density at radius 1 is 0.780 bits per heavy atom. The van der Waals surface area contributed by atoms with E-state index in [9.17, 15) is 24.3 Å². The molecule has 5 N–H and O–H groups in total. The molecule has 3 rings (SSSR count). The normalized spacial score (nSPS) is 16.1. The number of rotatable bonds is 18. The van der Waals surface area contributed by atoms with Crippen molar-refractivity contribution in [3.8, 4) is 0 Å². The van der Waals surface area contributed by atoms with Gasteiger partial charge in [-0.2, -0.15) is 0 Å². The van der Waals surface area contributed by atoms with Gasteiger partial charge in [-0.25, -0.2) is 4.79 Å². The monoisotopic (exact) mass is 692 g/mol. The van der Waals surface area contributed by atoms with Gasteiger partial charge in [0.25, 0.3) is 0 Å². The quantitative estimate of drug-likeness (QED) is 0.137. The predicted octanol–water partition coefficient (Wildman–Crippen LogP) is 5.61. The van der Waals surface area contributed by atoms with Gasteiger partial charge in [-0.3, -0.25) is 14.4 Å². The molecule has 276 valence electrons. The van der Waals surface area contributed by atoms with Crippen LogP contribution in [0.5, 0.6) is 0 Å². The highest BCUT2D eigenvalue weighted by Gasteiger charge is 2.32. The minimum absolute atomic E-state index is 0.0468. The average Bonchev–Trinajstić information content (AvgIpc) is 3.07. The highest BCUT2D eigenvalue weighted by molar-refractivity contribution is 5.91. The summed E-state index contributed by atoms with van der Waals surface area (Å²) in [6.07, 6.45) is 6.40. The van der Waals surface area contributed by atoms with Gasteiger partial charge in [0.1, 0.15) is 17.7 Å². The van der Waals surface area contributed by atoms with Gasteiger partial charge in [-0.05, 0) is 63.0 Å². The van der Waals surface area contributed by atoms with Crippen LogP contribution < -0.4 is 21.3 Å². The summed E-state index contributed by atoms with van der Waals surface area (Å²) in [5.41, 5.74) is 0.916. The van der Waals surface area contributed by atoms with Crippen LogP contribution in [0.3, 0.4) is 0 Å². The van der Waals surface area contributed by atoms with Crippen molar-refractivity contribution in [1.29, 1.82) is 0 Å². The zero-order chi connectivity index (χ0) is 36.5. The third-order valence-electron chi connectivity index (χ3n) is 9.02. The van der Waals surface area contributed by atoms with Crippen LogP contribution in [0, 0.1) is 11.8 Å². The lowest BCUT2D eigenvalue weighted by Gasteiger charge is -2.32. The fourth-order valence-electron chi connectivity index (χ4n) is 6.29. The van der Waals surface area contributed by atoms with E-state index < -0.39 is 47.7 Å². The molecule has 2 aromatic carbocycles. The molecule has 1 aliphatic rings. The molecule has 50 heavy (non-hydrogen) atoms. The molecule has 10 heteroatoms. The van der Waals surface area contributed by atoms with Gasteiger partial charge in [0.15, 0.2) is 0 Å². The number of aliphatic hydroxyl groups excluding tert-OH is 1. The van der Waals surface area contributed by atoms with Crippen molar-refractivity contribution in [2.24, 2.45) is 11.8 Å². The molecule has 2 aromatic rings. The summed E-state index contributed by atoms with van der Waals surface area (Å²) in [5, 5.41) is 23.0. The summed E-state index contributed by atoms with van der Waals surface area (Å²) in [6.45, 7) is 9.69. The number of nitrogens with one attached hydrogen (secondary N) is 4. The van der Waals surface area contributed by atoms with Gasteiger partial charge in [-0.1, -0.05) is 107 Å². The molecule has 0 heterocycles. The van der Waals surface area contributed by atoms with Crippen LogP contribution in [-0.2, 0) is 32.0 Å². The Bertz CT molecular complexity index is 1320. The van der Waals surface area contributed by atoms with E-state index in [-0.39, 0.29) is 18.7 Å². The maximum atomic E-state index is 14.1. The predicted molar refractivity (Wildman–Crippen MR) is 196 cm³/mol. The van der Waals surface area contributed by atoms with Crippen LogP contribution >= 0.6 is 0 Å². The van der Waals surface area contributed by atoms with Crippen LogP contribution in [0.1, 0.15) is 104 Å². The molecule has 4 atom stereocenters. The number of benzene rings is 2. The Morgan fingerprint density at radius 3 is 1.86 bits per heavy atom. The Morgan fingerprint density at radius 2 is 1.32 bits per heavy atom. The number of carbonyl (C=O) groups is 4. The molecular weight excluding hydrogens is 632 g/mol. The lowest BCUT2D eigenvalue weighted by atomic mass is 9.83. The molecule has 4 amide bonds. The summed E-state index contributed by atoms with van der Waals surface area (Å²) >= 11 is 0. The zero-order valence-electron chi connectivity index (χ0n) is 30.7. The molecule has 1 fully saturated rings. The van der Waals surface area contributed by atoms with Crippen molar-refractivity contribution >= 4 is 23.8 Å². The van der Waals surface area contributed by atoms with E-state index >= 15 is 0 Å². The topological polar surface area (TPSA) is 146 Å². The highest BCUT2D eigenvalue weighted by atomic mass is 16.6. The number of carbonyl (C=O) groups excluding carboxylic acids is 4. The first-order valence-electron chi connectivity index (χ1n) is 18.4. The van der Waals surface area contributed by atoms with E-state index in [1.807, 2.05) is 60.7 Å². The first-order chi connectivity index (χ1) is 23.8. The molecule has 0 unspecified atom stereocenters. The van der Waals surface area contributed by atoms with Crippen molar-refractivity contribution in [2.75, 3.05) is 6.54 Å². The SMILES string of the molecule is CC(C)CCC(=O)NCC[C@H](O)[C@H](CC1CCCCC1)NC(=O)[C@H](Cc1ccccc1)NC(=O)[C@H](Cc1ccccc1)NC(=O)OC(C)(C)C. The second kappa shape index (κ2) is 20.7. The summed E-state index contributed by atoms with van der Waals surface area (Å²) in [4.78, 5) is 53.2. The van der Waals surface area contributed by atoms with E-state index in [0.717, 1.165) is 43.2 Å². The van der Waals surface area contributed by atoms with Gasteiger partial charge in [0.2, 0.25) is 17.7 Å². The largest absolute Gasteiger partial charge is 0.444 e. The lowest BCUT2D eigenvalue weighted by Crippen LogP contribution is -2.57. The number of ether oxygens (including phenoxy) is 1. The smallest absolute Gasteiger partial charge is 0.408 e. The minimum atomic E-state index is -1.01. The van der Waals surface area contributed by atoms with E-state index in [2.05, 4.69) is 35.1 Å². The van der Waals surface area contributed by atoms with E-state index in [1.54, 1.807) is 20.8 Å². The van der Waals surface area contributed by atoms with Gasteiger partial charge in [-0.15, -0.1) is 0 Å². The fourth-order valence-corrected chi connectivity index (χ4v) is 6.29. The Balaban J connectivity index is 1.80. The number of aliphatic hydroxyl groups is 1. The van der Waals surface area contributed by atoms with Crippen LogP contribution in [0.15, 0.2) is 60.7 Å². The van der Waals surface area contributed by atoms with E-state index in [1.165, 1.54) is 6.42 Å². The van der Waals surface area contributed by atoms with Crippen molar-refractivity contribution in [2.45, 2.75) is 135 Å². The minimum Gasteiger partial charge on any atom is -0.444 e. The Labute approximate surface area is 298 Å². The third kappa shape index (κ3) is 15.7. The van der Waals surface area contributed by atoms with E-state index in [0.29, 0.717) is 37.6 Å². The van der Waals surface area contributed by atoms with Crippen molar-refractivity contribution in [3.63, 3.8) is 0 Å². The van der Waals surface area contributed by atoms with Gasteiger partial charge >= 0.3 is 6.09 Å². The number of hydrogen-bond acceptors (Lipinski definition) is 6. The average molecular weight is 693 g/mol. The summed E-state index contributed by atoms with van der Waals surface area (Å²) in [7, 11) is 0. The molecule has 0 bridgehead atoms. The molecule has 0 saturated heterocycles. The number of amides is 4. The maximum absolute atomic E-state index is 14.1. The van der Waals surface area contributed by atoms with Crippen LogP contribution in [-0.4, -0.2) is 65.3 Å². The van der Waals surface area contributed by atoms with Crippen molar-refractivity contribution < 1.29 is 29.0 Å². The second-order valence-corrected chi connectivity index (χ2v) is 15.1. The zero-order valence-corrected chi connectivity index (χ0v) is 30.7. The highest BCUT2D eigenvalue weighted by Crippen LogP contribution is 2.28. The summed E-state index contributed by atoms with van der Waals surface area (Å²) in [5.74, 6) is -0.204. The molecule has 10 nitrogen and oxygen atoms in total. The van der Waals surface area contributed by atoms with E-state index in [4.69, 9.17) is 4.74 Å². The molecule has 0 aromatic heterocycles. The van der Waals surface area contributed by atoms with Crippen molar-refractivity contribution in [3.05, 3.63) is 71.8 Å². The molecular formula is C40H60N4O6. The summed E-state index contributed by atoms with van der Waals surface area (Å²) < 4.78 is 5.46. The van der Waals surface area contributed by atoms with Gasteiger partial charge in [0.05, 0.1) is 12.1 Å². The first kappa shape index (κ1) is 40.5. The maximum Gasteiger partial charge on any atom is 0.408 e. The molecule has 1 saturated carbocycles. The molecule has 0 spiro atoms.